The van der Waals surface area contributed by atoms with Crippen LogP contribution in [-0.4, -0.2) is 25.2 Å². The number of amides is 1. The summed E-state index contributed by atoms with van der Waals surface area (Å²) in [6.45, 7) is 1.24. The first-order valence-corrected chi connectivity index (χ1v) is 8.86. The van der Waals surface area contributed by atoms with Crippen LogP contribution in [-0.2, 0) is 22.4 Å². The average Bonchev–Trinajstić information content (AvgIpc) is 3.19. The van der Waals surface area contributed by atoms with Gasteiger partial charge >= 0.3 is 0 Å². The van der Waals surface area contributed by atoms with Crippen molar-refractivity contribution in [1.82, 2.24) is 5.32 Å². The zero-order valence-electron chi connectivity index (χ0n) is 12.8. The molecule has 1 amide bonds. The smallest absolute Gasteiger partial charge is 0.223 e. The lowest BCUT2D eigenvalue weighted by atomic mass is 10.1. The summed E-state index contributed by atoms with van der Waals surface area (Å²) in [6.07, 6.45) is 2.12. The summed E-state index contributed by atoms with van der Waals surface area (Å²) in [5, 5.41) is 5.07. The van der Waals surface area contributed by atoms with Gasteiger partial charge in [-0.1, -0.05) is 18.2 Å². The molecule has 3 heterocycles. The monoisotopic (exact) mass is 329 g/mol. The summed E-state index contributed by atoms with van der Waals surface area (Å²) < 4.78 is 11.6. The molecule has 0 saturated heterocycles. The van der Waals surface area contributed by atoms with Gasteiger partial charge in [0.15, 0.2) is 0 Å². The van der Waals surface area contributed by atoms with E-state index in [4.69, 9.17) is 9.47 Å². The van der Waals surface area contributed by atoms with Crippen molar-refractivity contribution in [3.8, 4) is 5.75 Å². The highest BCUT2D eigenvalue weighted by Gasteiger charge is 2.26. The number of rotatable bonds is 4. The number of hydrogen-bond acceptors (Lipinski definition) is 4. The van der Waals surface area contributed by atoms with Gasteiger partial charge in [0.05, 0.1) is 19.6 Å². The summed E-state index contributed by atoms with van der Waals surface area (Å²) in [7, 11) is 0. The molecule has 0 unspecified atom stereocenters. The number of thiophene rings is 1. The first-order valence-electron chi connectivity index (χ1n) is 7.99. The lowest BCUT2D eigenvalue weighted by Crippen LogP contribution is -2.35. The normalized spacial score (nSPS) is 22.1. The van der Waals surface area contributed by atoms with Gasteiger partial charge in [0.25, 0.3) is 0 Å². The molecule has 0 spiro atoms. The number of carbonyl (C=O) groups is 1. The molecular formula is C18H19NO3S. The van der Waals surface area contributed by atoms with Crippen molar-refractivity contribution in [2.24, 2.45) is 0 Å². The SMILES string of the molecule is O=C(C[C@H]1OCCc2ccsc21)NC[C@@H]1Cc2ccccc2O1. The Morgan fingerprint density at radius 1 is 1.26 bits per heavy atom. The summed E-state index contributed by atoms with van der Waals surface area (Å²) >= 11 is 1.68. The summed E-state index contributed by atoms with van der Waals surface area (Å²) in [6, 6.07) is 10.2. The van der Waals surface area contributed by atoms with E-state index in [-0.39, 0.29) is 18.1 Å². The van der Waals surface area contributed by atoms with Crippen molar-refractivity contribution in [3.63, 3.8) is 0 Å². The van der Waals surface area contributed by atoms with Crippen molar-refractivity contribution in [2.45, 2.75) is 31.5 Å². The van der Waals surface area contributed by atoms with Gasteiger partial charge in [-0.15, -0.1) is 11.3 Å². The maximum atomic E-state index is 12.2. The van der Waals surface area contributed by atoms with E-state index in [0.29, 0.717) is 19.6 Å². The van der Waals surface area contributed by atoms with Crippen LogP contribution in [0.15, 0.2) is 35.7 Å². The Bertz CT molecular complexity index is 687. The first kappa shape index (κ1) is 14.7. The van der Waals surface area contributed by atoms with Crippen LogP contribution in [0.1, 0.15) is 28.5 Å². The fraction of sp³-hybridized carbons (Fsp3) is 0.389. The Hall–Kier alpha value is -1.85. The maximum Gasteiger partial charge on any atom is 0.223 e. The summed E-state index contributed by atoms with van der Waals surface area (Å²) in [4.78, 5) is 13.4. The lowest BCUT2D eigenvalue weighted by molar-refractivity contribution is -0.124. The van der Waals surface area contributed by atoms with E-state index in [1.807, 2.05) is 18.2 Å². The molecule has 2 aromatic rings. The summed E-state index contributed by atoms with van der Waals surface area (Å²) in [5.74, 6) is 0.960. The molecule has 4 nitrogen and oxygen atoms in total. The van der Waals surface area contributed by atoms with Gasteiger partial charge in [0, 0.05) is 11.3 Å². The molecule has 4 rings (SSSR count). The molecule has 120 valence electrons. The van der Waals surface area contributed by atoms with Crippen molar-refractivity contribution in [1.29, 1.82) is 0 Å². The minimum atomic E-state index is -0.0968. The number of para-hydroxylation sites is 1. The second-order valence-corrected chi connectivity index (χ2v) is 6.93. The fourth-order valence-electron chi connectivity index (χ4n) is 3.21. The van der Waals surface area contributed by atoms with Crippen LogP contribution in [0.4, 0.5) is 0 Å². The molecule has 2 aliphatic heterocycles. The van der Waals surface area contributed by atoms with Gasteiger partial charge in [-0.3, -0.25) is 4.79 Å². The van der Waals surface area contributed by atoms with Crippen molar-refractivity contribution in [3.05, 3.63) is 51.7 Å². The highest BCUT2D eigenvalue weighted by atomic mass is 32.1. The number of fused-ring (bicyclic) bond motifs is 2. The van der Waals surface area contributed by atoms with E-state index in [0.717, 1.165) is 18.6 Å². The van der Waals surface area contributed by atoms with Crippen LogP contribution in [0.5, 0.6) is 5.75 Å². The molecule has 1 aromatic heterocycles. The van der Waals surface area contributed by atoms with Crippen LogP contribution in [0.2, 0.25) is 0 Å². The molecule has 1 aromatic carbocycles. The third-order valence-corrected chi connectivity index (χ3v) is 5.43. The Kier molecular flexibility index (Phi) is 4.06. The van der Waals surface area contributed by atoms with Crippen LogP contribution < -0.4 is 10.1 Å². The van der Waals surface area contributed by atoms with Gasteiger partial charge in [-0.05, 0) is 35.1 Å². The van der Waals surface area contributed by atoms with Crippen molar-refractivity contribution >= 4 is 17.2 Å². The van der Waals surface area contributed by atoms with Crippen LogP contribution in [0.3, 0.4) is 0 Å². The number of hydrogen-bond donors (Lipinski definition) is 1. The lowest BCUT2D eigenvalue weighted by Gasteiger charge is -2.23. The Morgan fingerprint density at radius 3 is 3.09 bits per heavy atom. The van der Waals surface area contributed by atoms with E-state index in [1.54, 1.807) is 11.3 Å². The maximum absolute atomic E-state index is 12.2. The standard InChI is InChI=1S/C18H19NO3S/c20-17(10-16-18-12(5-7-21-16)6-8-23-18)19-11-14-9-13-3-1-2-4-15(13)22-14/h1-4,6,8,14,16H,5,7,9-11H2,(H,19,20)/t14-,16+/m0/s1. The highest BCUT2D eigenvalue weighted by molar-refractivity contribution is 7.10. The molecule has 0 fully saturated rings. The number of ether oxygens (including phenoxy) is 2. The molecule has 5 heteroatoms. The molecule has 1 N–H and O–H groups in total. The van der Waals surface area contributed by atoms with Gasteiger partial charge in [0.2, 0.25) is 5.91 Å². The molecule has 2 atom stereocenters. The molecule has 23 heavy (non-hydrogen) atoms. The Morgan fingerprint density at radius 2 is 2.17 bits per heavy atom. The van der Waals surface area contributed by atoms with Gasteiger partial charge in [-0.2, -0.15) is 0 Å². The molecule has 2 aliphatic rings. The third-order valence-electron chi connectivity index (χ3n) is 4.38. The predicted octanol–water partition coefficient (Wildman–Crippen LogP) is 2.87. The average molecular weight is 329 g/mol. The fourth-order valence-corrected chi connectivity index (χ4v) is 4.21. The number of carbonyl (C=O) groups excluding carboxylic acids is 1. The second kappa shape index (κ2) is 6.34. The van der Waals surface area contributed by atoms with Crippen molar-refractivity contribution < 1.29 is 14.3 Å². The first-order chi connectivity index (χ1) is 11.3. The summed E-state index contributed by atoms with van der Waals surface area (Å²) in [5.41, 5.74) is 2.54. The minimum Gasteiger partial charge on any atom is -0.488 e. The third kappa shape index (κ3) is 3.12. The molecular weight excluding hydrogens is 310 g/mol. The zero-order chi connectivity index (χ0) is 15.6. The largest absolute Gasteiger partial charge is 0.488 e. The van der Waals surface area contributed by atoms with Gasteiger partial charge in [0.1, 0.15) is 18.0 Å². The van der Waals surface area contributed by atoms with E-state index in [1.165, 1.54) is 16.0 Å². The number of nitrogens with one attached hydrogen (secondary N) is 1. The number of benzene rings is 1. The quantitative estimate of drug-likeness (QED) is 0.938. The van der Waals surface area contributed by atoms with E-state index < -0.39 is 0 Å². The molecule has 0 saturated carbocycles. The highest BCUT2D eigenvalue weighted by Crippen LogP contribution is 2.34. The van der Waals surface area contributed by atoms with Crippen LogP contribution in [0, 0.1) is 0 Å². The van der Waals surface area contributed by atoms with E-state index in [9.17, 15) is 4.79 Å². The Labute approximate surface area is 139 Å². The predicted molar refractivity (Wildman–Crippen MR) is 88.9 cm³/mol. The van der Waals surface area contributed by atoms with E-state index in [2.05, 4.69) is 22.8 Å². The zero-order valence-corrected chi connectivity index (χ0v) is 13.6. The van der Waals surface area contributed by atoms with Crippen LogP contribution >= 0.6 is 11.3 Å². The Balaban J connectivity index is 1.29. The van der Waals surface area contributed by atoms with Gasteiger partial charge in [-0.25, -0.2) is 0 Å². The minimum absolute atomic E-state index is 0.0239. The van der Waals surface area contributed by atoms with Gasteiger partial charge < -0.3 is 14.8 Å². The molecule has 0 aliphatic carbocycles. The molecule has 0 bridgehead atoms. The topological polar surface area (TPSA) is 47.6 Å². The molecule has 0 radical (unpaired) electrons. The van der Waals surface area contributed by atoms with E-state index >= 15 is 0 Å². The van der Waals surface area contributed by atoms with Crippen LogP contribution in [0.25, 0.3) is 0 Å². The second-order valence-electron chi connectivity index (χ2n) is 5.98. The van der Waals surface area contributed by atoms with Crippen molar-refractivity contribution in [2.75, 3.05) is 13.2 Å².